The van der Waals surface area contributed by atoms with Gasteiger partial charge in [-0.3, -0.25) is 9.36 Å². The van der Waals surface area contributed by atoms with Crippen LogP contribution in [0.3, 0.4) is 0 Å². The first-order chi connectivity index (χ1) is 15.8. The topological polar surface area (TPSA) is 77.6 Å². The molecule has 0 amide bonds. The monoisotopic (exact) mass is 428 g/mol. The second kappa shape index (κ2) is 9.34. The summed E-state index contributed by atoms with van der Waals surface area (Å²) in [5, 5.41) is 4.24. The Balaban J connectivity index is 1.43. The van der Waals surface area contributed by atoms with E-state index in [0.29, 0.717) is 12.4 Å². The maximum Gasteiger partial charge on any atom is 0.256 e. The van der Waals surface area contributed by atoms with Gasteiger partial charge in [0, 0.05) is 55.1 Å². The van der Waals surface area contributed by atoms with E-state index in [4.69, 9.17) is 4.98 Å². The van der Waals surface area contributed by atoms with Gasteiger partial charge in [-0.15, -0.1) is 0 Å². The minimum absolute atomic E-state index is 0.0815. The number of aryl methyl sites for hydroxylation is 1. The summed E-state index contributed by atoms with van der Waals surface area (Å²) in [6, 6.07) is 12.3. The quantitative estimate of drug-likeness (QED) is 0.426. The third-order valence-electron chi connectivity index (χ3n) is 6.21. The second-order valence-corrected chi connectivity index (χ2v) is 8.50. The van der Waals surface area contributed by atoms with Crippen molar-refractivity contribution in [2.75, 3.05) is 11.9 Å². The first-order valence-corrected chi connectivity index (χ1v) is 11.4. The number of nitrogens with zero attached hydrogens (tertiary/aromatic N) is 5. The van der Waals surface area contributed by atoms with Gasteiger partial charge in [-0.25, -0.2) is 9.97 Å². The molecule has 7 nitrogen and oxygen atoms in total. The van der Waals surface area contributed by atoms with Crippen molar-refractivity contribution < 1.29 is 0 Å². The standard InChI is InChI=1S/C25H28N6O/c32-24-20(15-19-7-2-1-3-8-19)16-21-17-28-25(27-11-6-13-30-14-12-26-18-30)29-23(21)31(24)22-9-4-5-10-22/h1-3,7-8,12,14,16-18,22H,4-6,9-11,13,15H2,(H,27,28,29). The minimum Gasteiger partial charge on any atom is -0.354 e. The minimum atomic E-state index is 0.0815. The zero-order valence-electron chi connectivity index (χ0n) is 18.2. The lowest BCUT2D eigenvalue weighted by Gasteiger charge is -2.18. The third kappa shape index (κ3) is 4.42. The van der Waals surface area contributed by atoms with Crippen LogP contribution in [0.15, 0.2) is 66.1 Å². The molecule has 5 rings (SSSR count). The number of hydrogen-bond acceptors (Lipinski definition) is 5. The molecule has 0 aliphatic heterocycles. The van der Waals surface area contributed by atoms with Gasteiger partial charge in [0.1, 0.15) is 5.65 Å². The molecule has 0 radical (unpaired) electrons. The van der Waals surface area contributed by atoms with Crippen molar-refractivity contribution in [2.45, 2.75) is 51.1 Å². The molecule has 32 heavy (non-hydrogen) atoms. The highest BCUT2D eigenvalue weighted by atomic mass is 16.1. The Morgan fingerprint density at radius 1 is 1.12 bits per heavy atom. The van der Waals surface area contributed by atoms with Crippen LogP contribution >= 0.6 is 0 Å². The first kappa shape index (κ1) is 20.4. The fraction of sp³-hybridized carbons (Fsp3) is 0.360. The van der Waals surface area contributed by atoms with Crippen LogP contribution in [0.4, 0.5) is 5.95 Å². The van der Waals surface area contributed by atoms with E-state index < -0.39 is 0 Å². The van der Waals surface area contributed by atoms with E-state index in [0.717, 1.165) is 67.4 Å². The van der Waals surface area contributed by atoms with Gasteiger partial charge < -0.3 is 9.88 Å². The molecular weight excluding hydrogens is 400 g/mol. The highest BCUT2D eigenvalue weighted by Crippen LogP contribution is 2.31. The lowest BCUT2D eigenvalue weighted by molar-refractivity contribution is 0.513. The number of anilines is 1. The molecular formula is C25H28N6O. The van der Waals surface area contributed by atoms with Gasteiger partial charge in [0.05, 0.1) is 6.33 Å². The molecule has 0 bridgehead atoms. The Morgan fingerprint density at radius 3 is 2.75 bits per heavy atom. The summed E-state index contributed by atoms with van der Waals surface area (Å²) in [6.07, 6.45) is 13.3. The van der Waals surface area contributed by atoms with E-state index in [2.05, 4.69) is 32.0 Å². The number of hydrogen-bond donors (Lipinski definition) is 1. The van der Waals surface area contributed by atoms with Crippen molar-refractivity contribution in [1.29, 1.82) is 0 Å². The van der Waals surface area contributed by atoms with Crippen molar-refractivity contribution in [2.24, 2.45) is 0 Å². The summed E-state index contributed by atoms with van der Waals surface area (Å²) in [4.78, 5) is 26.9. The van der Waals surface area contributed by atoms with Crippen LogP contribution in [0, 0.1) is 0 Å². The van der Waals surface area contributed by atoms with Crippen LogP contribution in [-0.4, -0.2) is 30.6 Å². The van der Waals surface area contributed by atoms with Gasteiger partial charge in [0.2, 0.25) is 5.95 Å². The largest absolute Gasteiger partial charge is 0.354 e. The van der Waals surface area contributed by atoms with E-state index in [1.807, 2.05) is 47.6 Å². The molecule has 7 heteroatoms. The molecule has 1 saturated carbocycles. The molecule has 1 aromatic carbocycles. The van der Waals surface area contributed by atoms with E-state index in [9.17, 15) is 4.79 Å². The highest BCUT2D eigenvalue weighted by molar-refractivity contribution is 5.76. The van der Waals surface area contributed by atoms with Crippen LogP contribution in [-0.2, 0) is 13.0 Å². The lowest BCUT2D eigenvalue weighted by Crippen LogP contribution is -2.28. The van der Waals surface area contributed by atoms with Gasteiger partial charge in [-0.05, 0) is 30.9 Å². The Hall–Kier alpha value is -3.48. The predicted molar refractivity (Wildman–Crippen MR) is 126 cm³/mol. The predicted octanol–water partition coefficient (Wildman–Crippen LogP) is 4.20. The van der Waals surface area contributed by atoms with E-state index >= 15 is 0 Å². The van der Waals surface area contributed by atoms with Crippen LogP contribution in [0.25, 0.3) is 11.0 Å². The maximum absolute atomic E-state index is 13.6. The van der Waals surface area contributed by atoms with Crippen molar-refractivity contribution >= 4 is 17.0 Å². The van der Waals surface area contributed by atoms with E-state index in [1.165, 1.54) is 0 Å². The Bertz CT molecular complexity index is 1230. The number of fused-ring (bicyclic) bond motifs is 1. The van der Waals surface area contributed by atoms with Crippen molar-refractivity contribution in [3.8, 4) is 0 Å². The molecule has 3 heterocycles. The second-order valence-electron chi connectivity index (χ2n) is 8.50. The van der Waals surface area contributed by atoms with Gasteiger partial charge in [-0.1, -0.05) is 43.2 Å². The summed E-state index contributed by atoms with van der Waals surface area (Å²) in [7, 11) is 0. The number of aromatic nitrogens is 5. The van der Waals surface area contributed by atoms with Crippen LogP contribution < -0.4 is 10.9 Å². The number of pyridine rings is 1. The maximum atomic E-state index is 13.6. The number of rotatable bonds is 8. The number of nitrogens with one attached hydrogen (secondary N) is 1. The van der Waals surface area contributed by atoms with Gasteiger partial charge in [0.15, 0.2) is 0 Å². The molecule has 3 aromatic heterocycles. The molecule has 0 atom stereocenters. The van der Waals surface area contributed by atoms with E-state index in [1.54, 1.807) is 6.20 Å². The fourth-order valence-electron chi connectivity index (χ4n) is 4.59. The van der Waals surface area contributed by atoms with Crippen molar-refractivity contribution in [1.82, 2.24) is 24.1 Å². The molecule has 1 aliphatic rings. The Labute approximate surface area is 187 Å². The Kier molecular flexibility index (Phi) is 5.96. The summed E-state index contributed by atoms with van der Waals surface area (Å²) in [6.45, 7) is 1.64. The highest BCUT2D eigenvalue weighted by Gasteiger charge is 2.22. The molecule has 4 aromatic rings. The van der Waals surface area contributed by atoms with Gasteiger partial charge in [-0.2, -0.15) is 4.98 Å². The first-order valence-electron chi connectivity index (χ1n) is 11.4. The summed E-state index contributed by atoms with van der Waals surface area (Å²) >= 11 is 0. The zero-order valence-corrected chi connectivity index (χ0v) is 18.2. The summed E-state index contributed by atoms with van der Waals surface area (Å²) < 4.78 is 3.99. The molecule has 0 saturated heterocycles. The van der Waals surface area contributed by atoms with Gasteiger partial charge >= 0.3 is 0 Å². The van der Waals surface area contributed by atoms with Crippen LogP contribution in [0.5, 0.6) is 0 Å². The molecule has 1 fully saturated rings. The average Bonchev–Trinajstić information content (AvgIpc) is 3.53. The van der Waals surface area contributed by atoms with Crippen LogP contribution in [0.2, 0.25) is 0 Å². The number of imidazole rings is 1. The zero-order chi connectivity index (χ0) is 21.8. The summed E-state index contributed by atoms with van der Waals surface area (Å²) in [5.41, 5.74) is 2.77. The van der Waals surface area contributed by atoms with Crippen molar-refractivity contribution in [3.63, 3.8) is 0 Å². The molecule has 0 unspecified atom stereocenters. The molecule has 0 spiro atoms. The fourth-order valence-corrected chi connectivity index (χ4v) is 4.59. The van der Waals surface area contributed by atoms with E-state index in [-0.39, 0.29) is 11.6 Å². The lowest BCUT2D eigenvalue weighted by atomic mass is 10.0. The average molecular weight is 429 g/mol. The SMILES string of the molecule is O=c1c(Cc2ccccc2)cc2cnc(NCCCn3ccnc3)nc2n1C1CCCC1. The number of benzene rings is 1. The molecule has 164 valence electrons. The smallest absolute Gasteiger partial charge is 0.256 e. The summed E-state index contributed by atoms with van der Waals surface area (Å²) in [5.74, 6) is 0.574. The van der Waals surface area contributed by atoms with Crippen LogP contribution in [0.1, 0.15) is 49.3 Å². The van der Waals surface area contributed by atoms with Gasteiger partial charge in [0.25, 0.3) is 5.56 Å². The Morgan fingerprint density at radius 2 is 1.97 bits per heavy atom. The third-order valence-corrected chi connectivity index (χ3v) is 6.21. The normalized spacial score (nSPS) is 14.2. The van der Waals surface area contributed by atoms with Crippen molar-refractivity contribution in [3.05, 3.63) is 82.8 Å². The molecule has 1 aliphatic carbocycles. The molecule has 1 N–H and O–H groups in total.